The van der Waals surface area contributed by atoms with Gasteiger partial charge in [-0.1, -0.05) is 25.5 Å². The van der Waals surface area contributed by atoms with Crippen molar-refractivity contribution in [2.75, 3.05) is 0 Å². The highest BCUT2D eigenvalue weighted by Crippen LogP contribution is 2.46. The molecule has 1 aromatic rings. The summed E-state index contributed by atoms with van der Waals surface area (Å²) in [6, 6.07) is 9.23. The fourth-order valence-corrected chi connectivity index (χ4v) is 2.96. The molecular weight excluding hydrogens is 297 g/mol. The molecule has 1 nitrogen and oxygen atoms in total. The number of benzene rings is 1. The fraction of sp³-hybridized carbons (Fsp3) is 0.538. The van der Waals surface area contributed by atoms with Gasteiger partial charge in [-0.2, -0.15) is 0 Å². The van der Waals surface area contributed by atoms with Crippen LogP contribution in [0.25, 0.3) is 0 Å². The van der Waals surface area contributed by atoms with E-state index in [0.717, 1.165) is 6.42 Å². The summed E-state index contributed by atoms with van der Waals surface area (Å²) in [7, 11) is 0. The van der Waals surface area contributed by atoms with E-state index in [2.05, 4.69) is 53.8 Å². The summed E-state index contributed by atoms with van der Waals surface area (Å²) in [5.74, 6) is 0. The second-order valence-corrected chi connectivity index (χ2v) is 5.78. The molecule has 0 aliphatic heterocycles. The van der Waals surface area contributed by atoms with Gasteiger partial charge in [0, 0.05) is 15.0 Å². The highest BCUT2D eigenvalue weighted by atomic mass is 127. The maximum absolute atomic E-state index is 6.28. The van der Waals surface area contributed by atoms with E-state index in [1.165, 1.54) is 28.4 Å². The molecule has 1 fully saturated rings. The first-order chi connectivity index (χ1) is 7.19. The van der Waals surface area contributed by atoms with Crippen molar-refractivity contribution in [3.63, 3.8) is 0 Å². The van der Waals surface area contributed by atoms with Crippen LogP contribution in [0.15, 0.2) is 24.3 Å². The Kier molecular flexibility index (Phi) is 3.36. The van der Waals surface area contributed by atoms with Crippen molar-refractivity contribution in [1.29, 1.82) is 0 Å². The van der Waals surface area contributed by atoms with Crippen molar-refractivity contribution in [3.8, 4) is 0 Å². The summed E-state index contributed by atoms with van der Waals surface area (Å²) in [5.41, 5.74) is 8.02. The van der Waals surface area contributed by atoms with Crippen LogP contribution in [0, 0.1) is 3.57 Å². The summed E-state index contributed by atoms with van der Waals surface area (Å²) in [6.45, 7) is 2.19. The fourth-order valence-electron chi connectivity index (χ4n) is 2.60. The average molecular weight is 315 g/mol. The zero-order valence-corrected chi connectivity index (χ0v) is 11.3. The largest absolute Gasteiger partial charge is 0.327 e. The molecule has 15 heavy (non-hydrogen) atoms. The van der Waals surface area contributed by atoms with Crippen molar-refractivity contribution in [2.24, 2.45) is 5.73 Å². The third kappa shape index (κ3) is 1.94. The van der Waals surface area contributed by atoms with Crippen LogP contribution in [-0.2, 0) is 5.41 Å². The lowest BCUT2D eigenvalue weighted by molar-refractivity contribution is 0.192. The third-order valence-corrected chi connectivity index (χ3v) is 4.53. The Morgan fingerprint density at radius 2 is 1.93 bits per heavy atom. The van der Waals surface area contributed by atoms with Gasteiger partial charge >= 0.3 is 0 Å². The van der Waals surface area contributed by atoms with Crippen LogP contribution in [0.2, 0.25) is 0 Å². The van der Waals surface area contributed by atoms with Gasteiger partial charge in [-0.3, -0.25) is 0 Å². The van der Waals surface area contributed by atoms with E-state index >= 15 is 0 Å². The lowest BCUT2D eigenvalue weighted by Crippen LogP contribution is -2.50. The standard InChI is InChI=1S/C13H18IN/c1-2-12(15)13(8-3-9-13)10-4-6-11(14)7-5-10/h4-7,12H,2-3,8-9,15H2,1H3. The third-order valence-electron chi connectivity index (χ3n) is 3.81. The normalized spacial score (nSPS) is 20.7. The number of nitrogens with two attached hydrogens (primary N) is 1. The maximum Gasteiger partial charge on any atom is 0.0134 e. The molecule has 1 atom stereocenters. The number of hydrogen-bond acceptors (Lipinski definition) is 1. The van der Waals surface area contributed by atoms with Gasteiger partial charge in [0.05, 0.1) is 0 Å². The van der Waals surface area contributed by atoms with E-state index in [-0.39, 0.29) is 0 Å². The highest BCUT2D eigenvalue weighted by molar-refractivity contribution is 14.1. The SMILES string of the molecule is CCC(N)C1(c2ccc(I)cc2)CCC1. The Bertz CT molecular complexity index is 327. The molecule has 1 saturated carbocycles. The molecular formula is C13H18IN. The molecule has 2 heteroatoms. The Hall–Kier alpha value is -0.0900. The summed E-state index contributed by atoms with van der Waals surface area (Å²) >= 11 is 2.35. The Morgan fingerprint density at radius 1 is 1.33 bits per heavy atom. The molecule has 0 amide bonds. The van der Waals surface area contributed by atoms with Crippen molar-refractivity contribution in [3.05, 3.63) is 33.4 Å². The molecule has 0 radical (unpaired) electrons. The smallest absolute Gasteiger partial charge is 0.0134 e. The van der Waals surface area contributed by atoms with Gasteiger partial charge in [0.25, 0.3) is 0 Å². The van der Waals surface area contributed by atoms with Crippen LogP contribution in [-0.4, -0.2) is 6.04 Å². The highest BCUT2D eigenvalue weighted by Gasteiger charge is 2.42. The lowest BCUT2D eigenvalue weighted by atomic mass is 9.60. The van der Waals surface area contributed by atoms with Crippen molar-refractivity contribution < 1.29 is 0 Å². The molecule has 0 bridgehead atoms. The van der Waals surface area contributed by atoms with Crippen LogP contribution in [0.5, 0.6) is 0 Å². The summed E-state index contributed by atoms with van der Waals surface area (Å²) in [4.78, 5) is 0. The second kappa shape index (κ2) is 4.42. The van der Waals surface area contributed by atoms with Crippen molar-refractivity contribution in [2.45, 2.75) is 44.1 Å². The quantitative estimate of drug-likeness (QED) is 0.850. The Morgan fingerprint density at radius 3 is 2.33 bits per heavy atom. The predicted octanol–water partition coefficient (Wildman–Crippen LogP) is 3.45. The first-order valence-electron chi connectivity index (χ1n) is 5.70. The molecule has 0 saturated heterocycles. The minimum absolute atomic E-state index is 0.291. The summed E-state index contributed by atoms with van der Waals surface area (Å²) in [6.07, 6.45) is 4.94. The van der Waals surface area contributed by atoms with Gasteiger partial charge in [-0.15, -0.1) is 0 Å². The van der Waals surface area contributed by atoms with Crippen LogP contribution in [0.4, 0.5) is 0 Å². The molecule has 0 heterocycles. The van der Waals surface area contributed by atoms with E-state index in [1.54, 1.807) is 0 Å². The molecule has 2 N–H and O–H groups in total. The van der Waals surface area contributed by atoms with Crippen LogP contribution in [0.3, 0.4) is 0 Å². The van der Waals surface area contributed by atoms with Gasteiger partial charge in [0.15, 0.2) is 0 Å². The number of halogens is 1. The average Bonchev–Trinajstić information content (AvgIpc) is 2.19. The second-order valence-electron chi connectivity index (χ2n) is 4.53. The van der Waals surface area contributed by atoms with Crippen LogP contribution in [0.1, 0.15) is 38.2 Å². The molecule has 1 unspecified atom stereocenters. The monoisotopic (exact) mass is 315 g/mol. The molecule has 1 aliphatic carbocycles. The molecule has 0 aromatic heterocycles. The molecule has 0 spiro atoms. The minimum atomic E-state index is 0.291. The Labute approximate surface area is 106 Å². The number of hydrogen-bond donors (Lipinski definition) is 1. The van der Waals surface area contributed by atoms with E-state index in [0.29, 0.717) is 11.5 Å². The van der Waals surface area contributed by atoms with Crippen molar-refractivity contribution >= 4 is 22.6 Å². The van der Waals surface area contributed by atoms with Gasteiger partial charge in [0.1, 0.15) is 0 Å². The van der Waals surface area contributed by atoms with Gasteiger partial charge in [-0.05, 0) is 59.5 Å². The van der Waals surface area contributed by atoms with Gasteiger partial charge < -0.3 is 5.73 Å². The maximum atomic E-state index is 6.28. The molecule has 1 aliphatic rings. The van der Waals surface area contributed by atoms with Gasteiger partial charge in [0.2, 0.25) is 0 Å². The number of rotatable bonds is 3. The topological polar surface area (TPSA) is 26.0 Å². The summed E-state index contributed by atoms with van der Waals surface area (Å²) < 4.78 is 1.30. The van der Waals surface area contributed by atoms with E-state index in [4.69, 9.17) is 5.73 Å². The molecule has 1 aromatic carbocycles. The molecule has 82 valence electrons. The van der Waals surface area contributed by atoms with Crippen LogP contribution < -0.4 is 5.73 Å². The van der Waals surface area contributed by atoms with E-state index in [1.807, 2.05) is 0 Å². The minimum Gasteiger partial charge on any atom is -0.327 e. The van der Waals surface area contributed by atoms with Gasteiger partial charge in [-0.25, -0.2) is 0 Å². The lowest BCUT2D eigenvalue weighted by Gasteiger charge is -2.47. The Balaban J connectivity index is 2.30. The van der Waals surface area contributed by atoms with Crippen LogP contribution >= 0.6 is 22.6 Å². The predicted molar refractivity (Wildman–Crippen MR) is 73.0 cm³/mol. The zero-order chi connectivity index (χ0) is 10.9. The van der Waals surface area contributed by atoms with Crippen molar-refractivity contribution in [1.82, 2.24) is 0 Å². The molecule has 2 rings (SSSR count). The van der Waals surface area contributed by atoms with E-state index < -0.39 is 0 Å². The van der Waals surface area contributed by atoms with E-state index in [9.17, 15) is 0 Å². The first-order valence-corrected chi connectivity index (χ1v) is 6.78. The summed E-state index contributed by atoms with van der Waals surface area (Å²) in [5, 5.41) is 0. The first kappa shape index (κ1) is 11.4. The zero-order valence-electron chi connectivity index (χ0n) is 9.17.